The van der Waals surface area contributed by atoms with Crippen molar-refractivity contribution in [1.82, 2.24) is 15.0 Å². The van der Waals surface area contributed by atoms with E-state index in [0.29, 0.717) is 0 Å². The van der Waals surface area contributed by atoms with Gasteiger partial charge in [0.1, 0.15) is 11.2 Å². The summed E-state index contributed by atoms with van der Waals surface area (Å²) in [5, 5.41) is -3.54. The van der Waals surface area contributed by atoms with Gasteiger partial charge in [0.25, 0.3) is 0 Å². The molecule has 0 bridgehead atoms. The van der Waals surface area contributed by atoms with Crippen LogP contribution < -0.4 is 0 Å². The molecule has 0 unspecified atom stereocenters. The normalized spacial score (nSPS) is 19.5. The van der Waals surface area contributed by atoms with Gasteiger partial charge in [-0.25, -0.2) is 15.0 Å². The number of benzene rings is 8. The molecule has 0 amide bonds. The lowest BCUT2D eigenvalue weighted by molar-refractivity contribution is 0.670. The standard InChI is InChI=1S/C47H29N3O/c1-3-12-33(13-4-1)45-48-46(34-14-5-2-6-15-34)50-47(49-45)40-26-25-39(44-43(40)41-28-36-17-9-10-18-37(36)29-42(41)51-44)32-22-19-31(20-23-32)38-24-21-30-11-7-8-16-35(30)27-38/h1-29H/i1D,2D,3D,4D,5D,6D,7D,8D,9D,10D,11D,12D,13D,14D,15D,16D,17D,18D,19D,20D,21D,22D,23D,24D,25D,26D,27D,28D,29D. The largest absolute Gasteiger partial charge is 0.455 e. The number of furan rings is 1. The van der Waals surface area contributed by atoms with E-state index in [9.17, 15) is 11.0 Å². The van der Waals surface area contributed by atoms with Crippen molar-refractivity contribution in [1.29, 1.82) is 0 Å². The molecule has 0 spiro atoms. The molecule has 0 radical (unpaired) electrons. The molecule has 4 heteroatoms. The molecule has 10 rings (SSSR count). The van der Waals surface area contributed by atoms with Crippen LogP contribution in [-0.4, -0.2) is 15.0 Å². The van der Waals surface area contributed by atoms with Crippen LogP contribution in [-0.2, 0) is 0 Å². The van der Waals surface area contributed by atoms with E-state index < -0.39 is 275 Å². The number of hydrogen-bond donors (Lipinski definition) is 0. The van der Waals surface area contributed by atoms with Gasteiger partial charge in [-0.2, -0.15) is 0 Å². The molecule has 51 heavy (non-hydrogen) atoms. The van der Waals surface area contributed by atoms with Gasteiger partial charge in [0.05, 0.1) is 39.8 Å². The fourth-order valence-electron chi connectivity index (χ4n) is 5.28. The van der Waals surface area contributed by atoms with Gasteiger partial charge in [0, 0.05) is 33.0 Å². The predicted octanol–water partition coefficient (Wildman–Crippen LogP) is 12.4. The fourth-order valence-corrected chi connectivity index (χ4v) is 5.28. The van der Waals surface area contributed by atoms with Crippen LogP contribution in [0.5, 0.6) is 0 Å². The summed E-state index contributed by atoms with van der Waals surface area (Å²) in [5.74, 6) is -2.59. The first-order valence-corrected chi connectivity index (χ1v) is 14.7. The molecule has 0 N–H and O–H groups in total. The molecule has 0 atom stereocenters. The molecule has 2 heterocycles. The molecule has 0 aliphatic rings. The van der Waals surface area contributed by atoms with Gasteiger partial charge >= 0.3 is 0 Å². The summed E-state index contributed by atoms with van der Waals surface area (Å²) in [6.07, 6.45) is 0. The molecular weight excluding hydrogens is 623 g/mol. The minimum absolute atomic E-state index is 0.544. The van der Waals surface area contributed by atoms with E-state index in [2.05, 4.69) is 15.0 Å². The van der Waals surface area contributed by atoms with E-state index in [4.69, 9.17) is 33.2 Å². The highest BCUT2D eigenvalue weighted by Crippen LogP contribution is 2.43. The molecule has 0 aliphatic carbocycles. The molecule has 0 saturated heterocycles. The number of fused-ring (bicyclic) bond motifs is 5. The predicted molar refractivity (Wildman–Crippen MR) is 209 cm³/mol. The lowest BCUT2D eigenvalue weighted by Gasteiger charge is -2.11. The fraction of sp³-hybridized carbons (Fsp3) is 0. The maximum Gasteiger partial charge on any atom is 0.164 e. The van der Waals surface area contributed by atoms with E-state index in [1.165, 1.54) is 0 Å². The van der Waals surface area contributed by atoms with Crippen LogP contribution in [0.2, 0.25) is 0 Å². The summed E-state index contributed by atoms with van der Waals surface area (Å²) in [6, 6.07) is -26.5. The Morgan fingerprint density at radius 1 is 0.373 bits per heavy atom. The second-order valence-corrected chi connectivity index (χ2v) is 10.6. The van der Waals surface area contributed by atoms with Crippen LogP contribution in [0, 0.1) is 0 Å². The molecule has 238 valence electrons. The number of hydrogen-bond acceptors (Lipinski definition) is 4. The Kier molecular flexibility index (Phi) is 2.83. The van der Waals surface area contributed by atoms with Gasteiger partial charge in [0.15, 0.2) is 17.5 Å². The SMILES string of the molecule is [2H]c1c([2H])c([2H])c(-c2nc(-c3c([2H])c([2H])c([2H])c([2H])c3[2H])nc(-c3c([2H])c([2H])c(-c4c([2H])c([2H])c(-c5c([2H])c([2H])c6c([2H])c([2H])c([2H])c([2H])c6c5[2H])c([2H])c4[2H])c4oc5c([2H])c6c([2H])c([2H])c([2H])c([2H])c6c([2H])c5c34)n2)c([2H])c1[2H]. The van der Waals surface area contributed by atoms with E-state index in [0.717, 1.165) is 0 Å². The van der Waals surface area contributed by atoms with Gasteiger partial charge in [-0.05, 0) is 68.4 Å². The lowest BCUT2D eigenvalue weighted by Crippen LogP contribution is -2.00. The first-order chi connectivity index (χ1) is 37.3. The van der Waals surface area contributed by atoms with Crippen molar-refractivity contribution < 1.29 is 44.2 Å². The number of nitrogens with zero attached hydrogens (tertiary/aromatic N) is 3. The zero-order valence-corrected chi connectivity index (χ0v) is 25.2. The first-order valence-electron chi connectivity index (χ1n) is 29.2. The minimum Gasteiger partial charge on any atom is -0.455 e. The van der Waals surface area contributed by atoms with Crippen molar-refractivity contribution in [3.05, 3.63) is 175 Å². The first kappa shape index (κ1) is 12.1. The Morgan fingerprint density at radius 3 is 1.55 bits per heavy atom. The maximum atomic E-state index is 9.78. The third kappa shape index (κ3) is 5.13. The summed E-state index contributed by atoms with van der Waals surface area (Å²) in [7, 11) is 0. The quantitative estimate of drug-likeness (QED) is 0.182. The molecular formula is C47H29N3O. The lowest BCUT2D eigenvalue weighted by atomic mass is 9.95. The van der Waals surface area contributed by atoms with E-state index in [1.807, 2.05) is 0 Å². The van der Waals surface area contributed by atoms with E-state index in [1.54, 1.807) is 0 Å². The number of aromatic nitrogens is 3. The monoisotopic (exact) mass is 680 g/mol. The molecule has 10 aromatic rings. The summed E-state index contributed by atoms with van der Waals surface area (Å²) in [5.41, 5.74) is -7.05. The Morgan fingerprint density at radius 2 is 0.882 bits per heavy atom. The molecule has 0 fully saturated rings. The number of rotatable bonds is 5. The van der Waals surface area contributed by atoms with Crippen molar-refractivity contribution in [3.63, 3.8) is 0 Å². The average Bonchev–Trinajstić information content (AvgIpc) is 3.83. The highest BCUT2D eigenvalue weighted by atomic mass is 16.3. The van der Waals surface area contributed by atoms with Gasteiger partial charge in [0.2, 0.25) is 0 Å². The second kappa shape index (κ2) is 11.9. The maximum absolute atomic E-state index is 9.78. The molecule has 0 aliphatic heterocycles. The van der Waals surface area contributed by atoms with Crippen LogP contribution in [0.1, 0.15) is 39.8 Å². The van der Waals surface area contributed by atoms with Crippen molar-refractivity contribution >= 4 is 43.5 Å². The highest BCUT2D eigenvalue weighted by Gasteiger charge is 2.21. The molecule has 2 aromatic heterocycles. The van der Waals surface area contributed by atoms with Gasteiger partial charge in [-0.15, -0.1) is 0 Å². The Hall–Kier alpha value is -6.91. The molecule has 4 nitrogen and oxygen atoms in total. The Bertz CT molecular complexity index is 4420. The molecule has 8 aromatic carbocycles. The average molecular weight is 681 g/mol. The summed E-state index contributed by atoms with van der Waals surface area (Å²) >= 11 is 0. The topological polar surface area (TPSA) is 51.8 Å². The second-order valence-electron chi connectivity index (χ2n) is 10.6. The van der Waals surface area contributed by atoms with E-state index in [-0.39, 0.29) is 0 Å². The zero-order valence-electron chi connectivity index (χ0n) is 54.2. The third-order valence-electron chi connectivity index (χ3n) is 7.56. The third-order valence-corrected chi connectivity index (χ3v) is 7.56. The van der Waals surface area contributed by atoms with Crippen molar-refractivity contribution in [2.24, 2.45) is 0 Å². The van der Waals surface area contributed by atoms with Crippen LogP contribution in [0.3, 0.4) is 0 Å². The van der Waals surface area contributed by atoms with Gasteiger partial charge < -0.3 is 4.42 Å². The zero-order chi connectivity index (χ0) is 59.0. The molecule has 0 saturated carbocycles. The van der Waals surface area contributed by atoms with Gasteiger partial charge in [-0.3, -0.25) is 0 Å². The summed E-state index contributed by atoms with van der Waals surface area (Å²) in [6.45, 7) is 0. The van der Waals surface area contributed by atoms with Crippen LogP contribution >= 0.6 is 0 Å². The van der Waals surface area contributed by atoms with Crippen molar-refractivity contribution in [2.45, 2.75) is 0 Å². The van der Waals surface area contributed by atoms with Crippen molar-refractivity contribution in [3.8, 4) is 56.4 Å². The van der Waals surface area contributed by atoms with E-state index >= 15 is 0 Å². The van der Waals surface area contributed by atoms with Crippen molar-refractivity contribution in [2.75, 3.05) is 0 Å². The van der Waals surface area contributed by atoms with Crippen LogP contribution in [0.25, 0.3) is 99.9 Å². The summed E-state index contributed by atoms with van der Waals surface area (Å²) < 4.78 is 262. The summed E-state index contributed by atoms with van der Waals surface area (Å²) in [4.78, 5) is 13.0. The smallest absolute Gasteiger partial charge is 0.164 e. The Balaban J connectivity index is 1.42. The highest BCUT2D eigenvalue weighted by molar-refractivity contribution is 6.18. The Labute approximate surface area is 335 Å². The van der Waals surface area contributed by atoms with Crippen LogP contribution in [0.4, 0.5) is 0 Å². The van der Waals surface area contributed by atoms with Gasteiger partial charge in [-0.1, -0.05) is 145 Å². The minimum atomic E-state index is -1.09. The van der Waals surface area contributed by atoms with Crippen LogP contribution in [0.15, 0.2) is 180 Å².